The van der Waals surface area contributed by atoms with Crippen LogP contribution in [0.2, 0.25) is 0 Å². The van der Waals surface area contributed by atoms with Crippen molar-refractivity contribution in [1.29, 1.82) is 0 Å². The molecule has 168 valence electrons. The second-order valence-corrected chi connectivity index (χ2v) is 7.60. The number of carbonyl (C=O) groups excluding carboxylic acids is 1. The minimum atomic E-state index is -0.820. The Bertz CT molecular complexity index is 1160. The molecule has 1 saturated heterocycles. The van der Waals surface area contributed by atoms with Crippen LogP contribution in [0.25, 0.3) is 10.9 Å². The first-order valence-electron chi connectivity index (χ1n) is 10.3. The fourth-order valence-corrected chi connectivity index (χ4v) is 3.71. The Labute approximate surface area is 184 Å². The van der Waals surface area contributed by atoms with E-state index in [2.05, 4.69) is 32.4 Å². The molecular weight excluding hydrogens is 418 g/mol. The number of hydrogen-bond acceptors (Lipinski definition) is 7. The van der Waals surface area contributed by atoms with Gasteiger partial charge >= 0.3 is 0 Å². The summed E-state index contributed by atoms with van der Waals surface area (Å²) in [6.45, 7) is 5.71. The minimum absolute atomic E-state index is 0.0155. The highest BCUT2D eigenvalue weighted by molar-refractivity contribution is 6.07. The van der Waals surface area contributed by atoms with E-state index in [1.165, 1.54) is 6.07 Å². The summed E-state index contributed by atoms with van der Waals surface area (Å²) in [6, 6.07) is 6.71. The number of halogens is 2. The summed E-state index contributed by atoms with van der Waals surface area (Å²) in [6.07, 6.45) is 0. The third kappa shape index (κ3) is 4.26. The lowest BCUT2D eigenvalue weighted by molar-refractivity contribution is 0.0995. The van der Waals surface area contributed by atoms with Crippen LogP contribution in [-0.4, -0.2) is 60.8 Å². The van der Waals surface area contributed by atoms with Gasteiger partial charge in [0.05, 0.1) is 29.2 Å². The number of likely N-dealkylation sites (N-methyl/N-ethyl adjacent to an activating group) is 1. The van der Waals surface area contributed by atoms with Gasteiger partial charge in [0.1, 0.15) is 17.4 Å². The molecule has 0 aliphatic carbocycles. The number of fused-ring (bicyclic) bond motifs is 1. The van der Waals surface area contributed by atoms with Crippen molar-refractivity contribution in [3.8, 4) is 5.75 Å². The molecule has 32 heavy (non-hydrogen) atoms. The van der Waals surface area contributed by atoms with Crippen LogP contribution in [0.5, 0.6) is 5.75 Å². The fraction of sp³-hybridized carbons (Fsp3) is 0.318. The van der Waals surface area contributed by atoms with Crippen molar-refractivity contribution < 1.29 is 18.3 Å². The molecule has 4 rings (SSSR count). The predicted octanol–water partition coefficient (Wildman–Crippen LogP) is 2.90. The van der Waals surface area contributed by atoms with E-state index < -0.39 is 17.5 Å². The second kappa shape index (κ2) is 8.91. The van der Waals surface area contributed by atoms with E-state index in [0.29, 0.717) is 23.3 Å². The molecule has 1 aliphatic heterocycles. The Morgan fingerprint density at radius 2 is 1.91 bits per heavy atom. The summed E-state index contributed by atoms with van der Waals surface area (Å²) in [5, 5.41) is 11.5. The van der Waals surface area contributed by atoms with E-state index in [-0.39, 0.29) is 17.1 Å². The number of aromatic nitrogens is 2. The van der Waals surface area contributed by atoms with Gasteiger partial charge in [-0.1, -0.05) is 0 Å². The molecular formula is C22H24F2N6O2. The van der Waals surface area contributed by atoms with E-state index in [4.69, 9.17) is 10.5 Å². The molecule has 1 fully saturated rings. The fourth-order valence-electron chi connectivity index (χ4n) is 3.71. The molecule has 0 atom stereocenters. The van der Waals surface area contributed by atoms with Gasteiger partial charge in [0, 0.05) is 43.7 Å². The number of nitrogens with two attached hydrogens (primary N) is 1. The molecule has 0 unspecified atom stereocenters. The molecule has 0 saturated carbocycles. The highest BCUT2D eigenvalue weighted by atomic mass is 19.1. The third-order valence-electron chi connectivity index (χ3n) is 5.41. The maximum absolute atomic E-state index is 14.4. The Morgan fingerprint density at radius 3 is 2.56 bits per heavy atom. The van der Waals surface area contributed by atoms with Gasteiger partial charge in [-0.15, -0.1) is 10.2 Å². The summed E-state index contributed by atoms with van der Waals surface area (Å²) in [7, 11) is 2.06. The van der Waals surface area contributed by atoms with Gasteiger partial charge in [0.15, 0.2) is 5.69 Å². The van der Waals surface area contributed by atoms with Gasteiger partial charge in [-0.2, -0.15) is 0 Å². The Morgan fingerprint density at radius 1 is 1.16 bits per heavy atom. The highest BCUT2D eigenvalue weighted by Gasteiger charge is 2.23. The van der Waals surface area contributed by atoms with Gasteiger partial charge in [-0.3, -0.25) is 4.79 Å². The first-order valence-corrected chi connectivity index (χ1v) is 10.3. The van der Waals surface area contributed by atoms with Crippen LogP contribution in [0.3, 0.4) is 0 Å². The molecule has 1 aromatic heterocycles. The first-order chi connectivity index (χ1) is 15.4. The molecule has 0 spiro atoms. The van der Waals surface area contributed by atoms with Crippen LogP contribution in [0.15, 0.2) is 30.3 Å². The number of piperazine rings is 1. The standard InChI is InChI=1S/C22H24F2N6O2/c1-3-32-19-12-17-14(11-18(19)30-8-6-29(2)7-9-30)20(21(22(25)31)28-27-17)26-16-5-4-13(23)10-15(16)24/h4-5,10-12H,3,6-9H2,1-2H3,(H2,25,31)(H,26,27). The summed E-state index contributed by atoms with van der Waals surface area (Å²) < 4.78 is 33.6. The number of nitrogens with one attached hydrogen (secondary N) is 1. The van der Waals surface area contributed by atoms with Crippen LogP contribution in [0.1, 0.15) is 17.4 Å². The van der Waals surface area contributed by atoms with Gasteiger partial charge in [-0.05, 0) is 32.2 Å². The van der Waals surface area contributed by atoms with Crippen molar-refractivity contribution in [2.45, 2.75) is 6.92 Å². The van der Waals surface area contributed by atoms with Crippen LogP contribution < -0.4 is 20.7 Å². The highest BCUT2D eigenvalue weighted by Crippen LogP contribution is 2.38. The average molecular weight is 442 g/mol. The van der Waals surface area contributed by atoms with Crippen LogP contribution in [-0.2, 0) is 0 Å². The van der Waals surface area contributed by atoms with Crippen molar-refractivity contribution >= 4 is 33.9 Å². The number of ether oxygens (including phenoxy) is 1. The Kier molecular flexibility index (Phi) is 6.04. The minimum Gasteiger partial charge on any atom is -0.492 e. The third-order valence-corrected chi connectivity index (χ3v) is 5.41. The molecule has 2 aromatic carbocycles. The summed E-state index contributed by atoms with van der Waals surface area (Å²) in [5.74, 6) is -1.70. The predicted molar refractivity (Wildman–Crippen MR) is 119 cm³/mol. The number of nitrogens with zero attached hydrogens (tertiary/aromatic N) is 4. The number of carbonyl (C=O) groups is 1. The summed E-state index contributed by atoms with van der Waals surface area (Å²) in [4.78, 5) is 16.5. The van der Waals surface area contributed by atoms with Gasteiger partial charge < -0.3 is 25.6 Å². The molecule has 3 aromatic rings. The monoisotopic (exact) mass is 442 g/mol. The van der Waals surface area contributed by atoms with E-state index in [9.17, 15) is 13.6 Å². The zero-order valence-electron chi connectivity index (χ0n) is 17.9. The van der Waals surface area contributed by atoms with Gasteiger partial charge in [0.25, 0.3) is 5.91 Å². The number of hydrogen-bond donors (Lipinski definition) is 2. The normalized spacial score (nSPS) is 14.6. The van der Waals surface area contributed by atoms with Crippen molar-refractivity contribution in [2.75, 3.05) is 50.1 Å². The van der Waals surface area contributed by atoms with E-state index in [1.54, 1.807) is 6.07 Å². The van der Waals surface area contributed by atoms with Crippen molar-refractivity contribution in [1.82, 2.24) is 15.1 Å². The summed E-state index contributed by atoms with van der Waals surface area (Å²) in [5.41, 5.74) is 6.84. The smallest absolute Gasteiger partial charge is 0.271 e. The van der Waals surface area contributed by atoms with E-state index in [0.717, 1.165) is 44.0 Å². The molecule has 1 aliphatic rings. The maximum atomic E-state index is 14.4. The lowest BCUT2D eigenvalue weighted by Crippen LogP contribution is -2.44. The maximum Gasteiger partial charge on any atom is 0.271 e. The van der Waals surface area contributed by atoms with E-state index >= 15 is 0 Å². The number of amides is 1. The van der Waals surface area contributed by atoms with Crippen LogP contribution in [0.4, 0.5) is 25.8 Å². The van der Waals surface area contributed by atoms with Crippen molar-refractivity contribution in [2.24, 2.45) is 5.73 Å². The zero-order valence-corrected chi connectivity index (χ0v) is 17.9. The number of primary amides is 1. The Balaban J connectivity index is 1.88. The molecule has 8 nitrogen and oxygen atoms in total. The van der Waals surface area contributed by atoms with Crippen LogP contribution in [0, 0.1) is 11.6 Å². The largest absolute Gasteiger partial charge is 0.492 e. The van der Waals surface area contributed by atoms with Crippen molar-refractivity contribution in [3.63, 3.8) is 0 Å². The second-order valence-electron chi connectivity index (χ2n) is 7.60. The topological polar surface area (TPSA) is 96.6 Å². The first kappa shape index (κ1) is 21.7. The molecule has 0 radical (unpaired) electrons. The number of anilines is 3. The van der Waals surface area contributed by atoms with Crippen molar-refractivity contribution in [3.05, 3.63) is 47.7 Å². The Hall–Kier alpha value is -3.53. The SMILES string of the molecule is CCOc1cc2nnc(C(N)=O)c(Nc3ccc(F)cc3F)c2cc1N1CCN(C)CC1. The quantitative estimate of drug-likeness (QED) is 0.606. The molecule has 1 amide bonds. The number of rotatable bonds is 6. The van der Waals surface area contributed by atoms with E-state index in [1.807, 2.05) is 13.0 Å². The zero-order chi connectivity index (χ0) is 22.8. The average Bonchev–Trinajstić information content (AvgIpc) is 2.76. The lowest BCUT2D eigenvalue weighted by atomic mass is 10.1. The number of benzene rings is 2. The molecule has 0 bridgehead atoms. The lowest BCUT2D eigenvalue weighted by Gasteiger charge is -2.35. The molecule has 2 heterocycles. The molecule has 10 heteroatoms. The van der Waals surface area contributed by atoms with Crippen LogP contribution >= 0.6 is 0 Å². The van der Waals surface area contributed by atoms with Gasteiger partial charge in [-0.25, -0.2) is 8.78 Å². The summed E-state index contributed by atoms with van der Waals surface area (Å²) >= 11 is 0. The van der Waals surface area contributed by atoms with Gasteiger partial charge in [0.2, 0.25) is 0 Å². The molecule has 3 N–H and O–H groups in total.